The number of H-pyrrole nitrogens is 1. The Kier molecular flexibility index (Phi) is 4.23. The maximum atomic E-state index is 13.5. The van der Waals surface area contributed by atoms with E-state index in [1.807, 2.05) is 0 Å². The van der Waals surface area contributed by atoms with Gasteiger partial charge in [-0.3, -0.25) is 4.79 Å². The number of nitriles is 2. The molecule has 23 heavy (non-hydrogen) atoms. The highest BCUT2D eigenvalue weighted by molar-refractivity contribution is 5.83. The second kappa shape index (κ2) is 6.12. The molecule has 1 aromatic heterocycles. The van der Waals surface area contributed by atoms with Gasteiger partial charge in [-0.1, -0.05) is 0 Å². The summed E-state index contributed by atoms with van der Waals surface area (Å²) in [6.07, 6.45) is 0. The maximum Gasteiger partial charge on any atom is 0.387 e. The normalized spacial score (nSPS) is 10.2. The van der Waals surface area contributed by atoms with Crippen LogP contribution < -0.4 is 16.0 Å². The Bertz CT molecular complexity index is 910. The molecule has 0 aliphatic rings. The summed E-state index contributed by atoms with van der Waals surface area (Å²) in [6.45, 7) is -3.23. The molecule has 0 aliphatic carbocycles. The highest BCUT2D eigenvalue weighted by Gasteiger charge is 2.22. The van der Waals surface area contributed by atoms with Gasteiger partial charge in [0.25, 0.3) is 5.56 Å². The van der Waals surface area contributed by atoms with Crippen molar-refractivity contribution < 1.29 is 17.9 Å². The van der Waals surface area contributed by atoms with Crippen molar-refractivity contribution in [2.75, 3.05) is 5.73 Å². The van der Waals surface area contributed by atoms with Crippen molar-refractivity contribution in [1.82, 2.24) is 4.98 Å². The van der Waals surface area contributed by atoms with Gasteiger partial charge in [0, 0.05) is 11.1 Å². The van der Waals surface area contributed by atoms with E-state index in [0.29, 0.717) is 0 Å². The summed E-state index contributed by atoms with van der Waals surface area (Å²) in [5, 5.41) is 18.3. The number of nitrogens with one attached hydrogen (secondary N) is 1. The first-order valence-electron chi connectivity index (χ1n) is 5.99. The number of nitrogens with two attached hydrogens (primary N) is 1. The lowest BCUT2D eigenvalue weighted by molar-refractivity contribution is -0.0494. The molecule has 3 N–H and O–H groups in total. The number of aromatic nitrogens is 1. The average molecular weight is 320 g/mol. The van der Waals surface area contributed by atoms with E-state index in [2.05, 4.69) is 9.72 Å². The second-order valence-corrected chi connectivity index (χ2v) is 4.24. The lowest BCUT2D eigenvalue weighted by Crippen LogP contribution is -2.17. The number of rotatable bonds is 3. The number of hydrogen-bond donors (Lipinski definition) is 2. The first-order chi connectivity index (χ1) is 10.9. The van der Waals surface area contributed by atoms with Crippen LogP contribution in [0, 0.1) is 28.5 Å². The summed E-state index contributed by atoms with van der Waals surface area (Å²) in [4.78, 5) is 13.9. The quantitative estimate of drug-likeness (QED) is 0.898. The van der Waals surface area contributed by atoms with E-state index in [4.69, 9.17) is 16.3 Å². The molecule has 6 nitrogen and oxygen atoms in total. The van der Waals surface area contributed by atoms with E-state index in [0.717, 1.165) is 18.2 Å². The Hall–Kier alpha value is -3.46. The molecule has 0 bridgehead atoms. The number of ether oxygens (including phenoxy) is 1. The lowest BCUT2D eigenvalue weighted by atomic mass is 9.96. The summed E-state index contributed by atoms with van der Waals surface area (Å²) in [5.74, 6) is -1.72. The molecule has 2 aromatic rings. The molecule has 9 heteroatoms. The van der Waals surface area contributed by atoms with Crippen molar-refractivity contribution in [2.24, 2.45) is 0 Å². The van der Waals surface area contributed by atoms with Crippen LogP contribution in [0.5, 0.6) is 5.75 Å². The zero-order chi connectivity index (χ0) is 17.1. The minimum Gasteiger partial charge on any atom is -0.434 e. The van der Waals surface area contributed by atoms with Gasteiger partial charge in [-0.05, 0) is 18.2 Å². The van der Waals surface area contributed by atoms with E-state index < -0.39 is 29.3 Å². The van der Waals surface area contributed by atoms with Crippen LogP contribution in [0.3, 0.4) is 0 Å². The van der Waals surface area contributed by atoms with E-state index in [1.165, 1.54) is 0 Å². The monoisotopic (exact) mass is 320 g/mol. The minimum absolute atomic E-state index is 0.351. The molecular formula is C14H7F3N4O2. The van der Waals surface area contributed by atoms with Gasteiger partial charge in [0.05, 0.1) is 0 Å². The average Bonchev–Trinajstić information content (AvgIpc) is 2.48. The van der Waals surface area contributed by atoms with Gasteiger partial charge in [0.2, 0.25) is 0 Å². The molecule has 2 rings (SSSR count). The molecule has 0 radical (unpaired) electrons. The fourth-order valence-electron chi connectivity index (χ4n) is 2.01. The number of nitrogens with zero attached hydrogens (tertiary/aromatic N) is 2. The number of aromatic amines is 1. The standard InChI is InChI=1S/C14H7F3N4O2/c15-6-1-2-10(23-14(16)17)7(3-6)11-8(4-18)12(20)21-13(22)9(11)5-19/h1-3,14H,(H3,20,21,22). The van der Waals surface area contributed by atoms with Gasteiger partial charge >= 0.3 is 6.61 Å². The highest BCUT2D eigenvalue weighted by atomic mass is 19.3. The predicted molar refractivity (Wildman–Crippen MR) is 72.9 cm³/mol. The smallest absolute Gasteiger partial charge is 0.387 e. The number of anilines is 1. The van der Waals surface area contributed by atoms with Crippen LogP contribution in [0.25, 0.3) is 11.1 Å². The molecule has 0 saturated carbocycles. The Morgan fingerprint density at radius 2 is 1.87 bits per heavy atom. The molecule has 116 valence electrons. The number of pyridine rings is 1. The Morgan fingerprint density at radius 3 is 2.43 bits per heavy atom. The SMILES string of the molecule is N#Cc1c(N)[nH]c(=O)c(C#N)c1-c1cc(F)ccc1OC(F)F. The van der Waals surface area contributed by atoms with Crippen LogP contribution in [0.2, 0.25) is 0 Å². The van der Waals surface area contributed by atoms with E-state index in [9.17, 15) is 18.0 Å². The zero-order valence-corrected chi connectivity index (χ0v) is 11.2. The molecule has 0 saturated heterocycles. The molecule has 0 aliphatic heterocycles. The zero-order valence-electron chi connectivity index (χ0n) is 11.2. The van der Waals surface area contributed by atoms with Gasteiger partial charge in [-0.15, -0.1) is 0 Å². The molecule has 1 aromatic carbocycles. The first-order valence-corrected chi connectivity index (χ1v) is 5.99. The second-order valence-electron chi connectivity index (χ2n) is 4.24. The third-order valence-corrected chi connectivity index (χ3v) is 2.90. The highest BCUT2D eigenvalue weighted by Crippen LogP contribution is 2.36. The Labute approximate surface area is 127 Å². The fraction of sp³-hybridized carbons (Fsp3) is 0.0714. The molecule has 0 unspecified atom stereocenters. The van der Waals surface area contributed by atoms with Gasteiger partial charge in [0.15, 0.2) is 0 Å². The minimum atomic E-state index is -3.23. The van der Waals surface area contributed by atoms with Crippen molar-refractivity contribution >= 4 is 5.82 Å². The molecule has 0 fully saturated rings. The van der Waals surface area contributed by atoms with Crippen molar-refractivity contribution in [3.8, 4) is 29.0 Å². The van der Waals surface area contributed by atoms with Crippen LogP contribution in [0.15, 0.2) is 23.0 Å². The molecule has 0 atom stereocenters. The van der Waals surface area contributed by atoms with Gasteiger partial charge < -0.3 is 15.5 Å². The predicted octanol–water partition coefficient (Wildman–Crippen LogP) is 2.11. The lowest BCUT2D eigenvalue weighted by Gasteiger charge is -2.14. The maximum absolute atomic E-state index is 13.5. The number of alkyl halides is 2. The topological polar surface area (TPSA) is 116 Å². The first kappa shape index (κ1) is 15.9. The van der Waals surface area contributed by atoms with Crippen LogP contribution in [0.4, 0.5) is 19.0 Å². The Morgan fingerprint density at radius 1 is 1.22 bits per heavy atom. The number of hydrogen-bond acceptors (Lipinski definition) is 5. The summed E-state index contributed by atoms with van der Waals surface area (Å²) >= 11 is 0. The largest absolute Gasteiger partial charge is 0.434 e. The van der Waals surface area contributed by atoms with Crippen molar-refractivity contribution in [1.29, 1.82) is 10.5 Å². The van der Waals surface area contributed by atoms with E-state index in [-0.39, 0.29) is 22.5 Å². The van der Waals surface area contributed by atoms with E-state index >= 15 is 0 Å². The third kappa shape index (κ3) is 2.94. The third-order valence-electron chi connectivity index (χ3n) is 2.90. The molecule has 0 spiro atoms. The van der Waals surface area contributed by atoms with Crippen LogP contribution in [0.1, 0.15) is 11.1 Å². The summed E-state index contributed by atoms with van der Waals surface area (Å²) < 4.78 is 42.8. The van der Waals surface area contributed by atoms with Crippen LogP contribution in [-0.2, 0) is 0 Å². The van der Waals surface area contributed by atoms with Crippen LogP contribution in [-0.4, -0.2) is 11.6 Å². The van der Waals surface area contributed by atoms with Crippen molar-refractivity contribution in [3.63, 3.8) is 0 Å². The van der Waals surface area contributed by atoms with E-state index in [1.54, 1.807) is 12.1 Å². The molecular weight excluding hydrogens is 313 g/mol. The number of benzene rings is 1. The number of nitrogen functional groups attached to an aromatic ring is 1. The van der Waals surface area contributed by atoms with Gasteiger partial charge in [-0.25, -0.2) is 4.39 Å². The molecule has 0 amide bonds. The van der Waals surface area contributed by atoms with Gasteiger partial charge in [-0.2, -0.15) is 19.3 Å². The Balaban J connectivity index is 2.92. The molecule has 1 heterocycles. The van der Waals surface area contributed by atoms with Crippen molar-refractivity contribution in [3.05, 3.63) is 45.5 Å². The fourth-order valence-corrected chi connectivity index (χ4v) is 2.01. The van der Waals surface area contributed by atoms with Crippen LogP contribution >= 0.6 is 0 Å². The summed E-state index contributed by atoms with van der Waals surface area (Å²) in [7, 11) is 0. The number of halogens is 3. The summed E-state index contributed by atoms with van der Waals surface area (Å²) in [5.41, 5.74) is 2.93. The van der Waals surface area contributed by atoms with Crippen molar-refractivity contribution in [2.45, 2.75) is 6.61 Å². The summed E-state index contributed by atoms with van der Waals surface area (Å²) in [6, 6.07) is 5.73. The van der Waals surface area contributed by atoms with Gasteiger partial charge in [0.1, 0.15) is 40.6 Å².